The molecule has 12 nitrogen and oxygen atoms in total. The molecule has 3 N–H and O–H groups in total. The van der Waals surface area contributed by atoms with E-state index >= 15 is 0 Å². The third-order valence-electron chi connectivity index (χ3n) is 6.35. The summed E-state index contributed by atoms with van der Waals surface area (Å²) in [5, 5.41) is 21.5. The fraction of sp³-hybridized carbons (Fsp3) is 0.407. The van der Waals surface area contributed by atoms with Gasteiger partial charge in [0.15, 0.2) is 0 Å². The Labute approximate surface area is 233 Å². The fourth-order valence-corrected chi connectivity index (χ4v) is 6.65. The van der Waals surface area contributed by atoms with Crippen LogP contribution in [-0.4, -0.2) is 67.6 Å². The molecule has 0 aromatic heterocycles. The van der Waals surface area contributed by atoms with Gasteiger partial charge in [-0.3, -0.25) is 10.1 Å². The lowest BCUT2D eigenvalue weighted by Gasteiger charge is -2.39. The molecule has 0 radical (unpaired) electrons. The van der Waals surface area contributed by atoms with Crippen LogP contribution in [0.1, 0.15) is 38.7 Å². The minimum absolute atomic E-state index is 0.145. The molecule has 0 aliphatic heterocycles. The van der Waals surface area contributed by atoms with Crippen LogP contribution in [0.2, 0.25) is 0 Å². The smallest absolute Gasteiger partial charge is 0.364 e. The summed E-state index contributed by atoms with van der Waals surface area (Å²) in [5.41, 5.74) is 5.64. The van der Waals surface area contributed by atoms with E-state index in [1.54, 1.807) is 32.0 Å². The van der Waals surface area contributed by atoms with Gasteiger partial charge in [-0.25, -0.2) is 9.59 Å². The molecular weight excluding hydrogens is 542 g/mol. The highest BCUT2D eigenvalue weighted by Crippen LogP contribution is 2.35. The number of ether oxygens (including phenoxy) is 2. The predicted octanol–water partition coefficient (Wildman–Crippen LogP) is 3.60. The Bertz CT molecular complexity index is 1340. The van der Waals surface area contributed by atoms with Crippen LogP contribution in [0.3, 0.4) is 0 Å². The number of carboxylic acids is 1. The quantitative estimate of drug-likeness (QED) is 0.104. The van der Waals surface area contributed by atoms with Gasteiger partial charge in [-0.05, 0) is 55.8 Å². The van der Waals surface area contributed by atoms with Crippen LogP contribution in [0, 0.1) is 16.0 Å². The molecule has 2 rings (SSSR count). The summed E-state index contributed by atoms with van der Waals surface area (Å²) in [4.78, 5) is 36.9. The number of aliphatic carboxylic acids is 1. The molecule has 1 unspecified atom stereocenters. The van der Waals surface area contributed by atoms with Crippen molar-refractivity contribution in [3.63, 3.8) is 0 Å². The lowest BCUT2D eigenvalue weighted by molar-refractivity contribution is -0.749. The summed E-state index contributed by atoms with van der Waals surface area (Å²) in [6, 6.07) is 7.20. The van der Waals surface area contributed by atoms with Crippen molar-refractivity contribution in [2.75, 3.05) is 27.3 Å². The molecule has 0 saturated heterocycles. The second kappa shape index (κ2) is 14.0. The topological polar surface area (TPSA) is 176 Å². The first-order valence-corrected chi connectivity index (χ1v) is 14.0. The van der Waals surface area contributed by atoms with E-state index in [4.69, 9.17) is 15.2 Å². The van der Waals surface area contributed by atoms with E-state index in [0.29, 0.717) is 23.5 Å². The number of nitrogens with zero attached hydrogens (tertiary/aromatic N) is 2. The number of hydrogen-bond acceptors (Lipinski definition) is 9. The number of carbonyl (C=O) groups is 2. The van der Waals surface area contributed by atoms with Gasteiger partial charge in [-0.15, -0.1) is 3.89 Å². The number of hydrogen-bond donors (Lipinski definition) is 2. The second-order valence-electron chi connectivity index (χ2n) is 9.52. The number of methoxy groups -OCH3 is 2. The third-order valence-corrected chi connectivity index (χ3v) is 8.66. The number of nitro groups is 1. The molecule has 0 saturated carbocycles. The molecular formula is C27H36N3O9S+. The summed E-state index contributed by atoms with van der Waals surface area (Å²) in [5.74, 6) is -2.06. The Hall–Kier alpha value is -3.81. The Morgan fingerprint density at radius 1 is 1.10 bits per heavy atom. The van der Waals surface area contributed by atoms with Crippen molar-refractivity contribution in [3.8, 4) is 11.5 Å². The van der Waals surface area contributed by atoms with Crippen molar-refractivity contribution < 1.29 is 41.4 Å². The van der Waals surface area contributed by atoms with Gasteiger partial charge in [0, 0.05) is 36.1 Å². The average molecular weight is 579 g/mol. The monoisotopic (exact) mass is 578 g/mol. The highest BCUT2D eigenvalue weighted by molar-refractivity contribution is 7.86. The maximum absolute atomic E-state index is 14.3. The van der Waals surface area contributed by atoms with Crippen LogP contribution in [0.5, 0.6) is 11.5 Å². The first kappa shape index (κ1) is 32.4. The Kier molecular flexibility index (Phi) is 11.3. The van der Waals surface area contributed by atoms with Crippen molar-refractivity contribution in [2.45, 2.75) is 44.0 Å². The van der Waals surface area contributed by atoms with Crippen molar-refractivity contribution >= 4 is 33.7 Å². The Morgan fingerprint density at radius 3 is 2.25 bits per heavy atom. The molecule has 1 amide bonds. The molecule has 2 aromatic rings. The standard InChI is InChI=1S/C27H35N3O9S/c1-19(2)18-30(24(27(32)33)7-5-6-16-28,40(36,37)23-12-9-21(10-13-23)29(34)35)26(31)15-8-20-17-22(38-3)11-14-25(20)39-4/h8-15,17,19,24H,5-7,16,18,28H2,1-4H3/p+1/t24-,30?/m0/s1. The van der Waals surface area contributed by atoms with Crippen LogP contribution in [-0.2, 0) is 19.6 Å². The normalized spacial score (nSPS) is 14.1. The summed E-state index contributed by atoms with van der Waals surface area (Å²) in [6.45, 7) is 3.25. The Morgan fingerprint density at radius 2 is 1.75 bits per heavy atom. The van der Waals surface area contributed by atoms with E-state index in [1.165, 1.54) is 20.3 Å². The summed E-state index contributed by atoms with van der Waals surface area (Å²) in [6.07, 6.45) is 2.92. The number of amides is 1. The highest BCUT2D eigenvalue weighted by atomic mass is 32.2. The summed E-state index contributed by atoms with van der Waals surface area (Å²) < 4.78 is 37.8. The maximum atomic E-state index is 14.3. The number of carbonyl (C=O) groups excluding carboxylic acids is 1. The van der Waals surface area contributed by atoms with Gasteiger partial charge in [-0.1, -0.05) is 13.8 Å². The van der Waals surface area contributed by atoms with E-state index in [0.717, 1.165) is 30.3 Å². The van der Waals surface area contributed by atoms with Crippen molar-refractivity contribution in [2.24, 2.45) is 11.7 Å². The molecule has 40 heavy (non-hydrogen) atoms. The first-order chi connectivity index (χ1) is 18.8. The molecule has 0 bridgehead atoms. The van der Waals surface area contributed by atoms with Crippen LogP contribution >= 0.6 is 0 Å². The molecule has 13 heteroatoms. The zero-order valence-electron chi connectivity index (χ0n) is 23.0. The van der Waals surface area contributed by atoms with Gasteiger partial charge >= 0.3 is 21.9 Å². The minimum Gasteiger partial charge on any atom is -0.497 e. The van der Waals surface area contributed by atoms with Crippen molar-refractivity contribution in [1.82, 2.24) is 0 Å². The zero-order valence-corrected chi connectivity index (χ0v) is 23.8. The first-order valence-electron chi connectivity index (χ1n) is 12.6. The average Bonchev–Trinajstić information content (AvgIpc) is 2.92. The predicted molar refractivity (Wildman–Crippen MR) is 148 cm³/mol. The Balaban J connectivity index is 2.84. The molecule has 0 aliphatic carbocycles. The van der Waals surface area contributed by atoms with Gasteiger partial charge in [0.05, 0.1) is 19.1 Å². The number of quaternary nitrogens is 1. The number of nitrogens with two attached hydrogens (primary N) is 1. The molecule has 2 aromatic carbocycles. The minimum atomic E-state index is -4.77. The van der Waals surface area contributed by atoms with E-state index in [1.807, 2.05) is 0 Å². The fourth-order valence-electron chi connectivity index (χ4n) is 4.47. The van der Waals surface area contributed by atoms with E-state index < -0.39 is 47.6 Å². The highest BCUT2D eigenvalue weighted by Gasteiger charge is 2.57. The van der Waals surface area contributed by atoms with Crippen LogP contribution < -0.4 is 15.2 Å². The largest absolute Gasteiger partial charge is 0.497 e. The van der Waals surface area contributed by atoms with Crippen LogP contribution in [0.25, 0.3) is 6.08 Å². The number of unbranched alkanes of at least 4 members (excludes halogenated alkanes) is 1. The third kappa shape index (κ3) is 7.03. The van der Waals surface area contributed by atoms with Crippen molar-refractivity contribution in [1.29, 1.82) is 0 Å². The number of non-ortho nitro benzene ring substituents is 1. The van der Waals surface area contributed by atoms with Gasteiger partial charge < -0.3 is 20.3 Å². The lowest BCUT2D eigenvalue weighted by Crippen LogP contribution is -2.65. The van der Waals surface area contributed by atoms with Crippen molar-refractivity contribution in [3.05, 3.63) is 64.2 Å². The number of sulfonamides is 1. The number of nitro benzene ring substituents is 1. The molecule has 218 valence electrons. The van der Waals surface area contributed by atoms with E-state index in [9.17, 15) is 33.2 Å². The van der Waals surface area contributed by atoms with Gasteiger partial charge in [0.25, 0.3) is 5.69 Å². The number of carboxylic acid groups (broad SMARTS) is 1. The summed E-state index contributed by atoms with van der Waals surface area (Å²) in [7, 11) is -1.88. The van der Waals surface area contributed by atoms with Gasteiger partial charge in [0.1, 0.15) is 22.9 Å². The SMILES string of the molecule is COc1ccc(OC)c(C=CC(=O)[N+](CC(C)C)([C@@H](CCCCN)C(=O)O)S(=O)(=O)c2ccc([N+](=O)[O-])cc2)c1. The molecule has 0 spiro atoms. The molecule has 0 heterocycles. The molecule has 0 aliphatic rings. The lowest BCUT2D eigenvalue weighted by atomic mass is 10.0. The zero-order chi connectivity index (χ0) is 30.1. The van der Waals surface area contributed by atoms with Crippen LogP contribution in [0.4, 0.5) is 5.69 Å². The number of rotatable bonds is 15. The molecule has 0 fully saturated rings. The number of benzene rings is 2. The maximum Gasteiger partial charge on any atom is 0.364 e. The van der Waals surface area contributed by atoms with Crippen LogP contribution in [0.15, 0.2) is 53.4 Å². The van der Waals surface area contributed by atoms with E-state index in [-0.39, 0.29) is 31.6 Å². The second-order valence-corrected chi connectivity index (χ2v) is 11.6. The van der Waals surface area contributed by atoms with Gasteiger partial charge in [0.2, 0.25) is 6.04 Å². The summed E-state index contributed by atoms with van der Waals surface area (Å²) >= 11 is 0. The van der Waals surface area contributed by atoms with Gasteiger partial charge in [-0.2, -0.15) is 8.42 Å². The van der Waals surface area contributed by atoms with E-state index in [2.05, 4.69) is 0 Å². The molecule has 2 atom stereocenters.